The first-order chi connectivity index (χ1) is 14.0. The minimum absolute atomic E-state index is 0.0317. The summed E-state index contributed by atoms with van der Waals surface area (Å²) in [6.07, 6.45) is 2.38. The van der Waals surface area contributed by atoms with Gasteiger partial charge in [-0.1, -0.05) is 91.0 Å². The standard InChI is InChI=1S/C23H23IN4O/c1-15(2)17-11-7-8-12-18(17)22-25-13-19-23(26-22)28(20(14-29)27(19)3)21(24)16-9-5-4-6-10-16/h4-15,20-21H,1-3H3. The molecule has 0 fully saturated rings. The lowest BCUT2D eigenvalue weighted by Gasteiger charge is -2.30. The largest absolute Gasteiger partial charge is 0.344 e. The predicted octanol–water partition coefficient (Wildman–Crippen LogP) is 5.18. The molecule has 2 heterocycles. The topological polar surface area (TPSA) is 49.3 Å². The van der Waals surface area contributed by atoms with Crippen LogP contribution in [0.25, 0.3) is 11.4 Å². The van der Waals surface area contributed by atoms with E-state index >= 15 is 0 Å². The molecule has 3 aromatic rings. The third-order valence-electron chi connectivity index (χ3n) is 5.32. The molecule has 1 aliphatic heterocycles. The number of fused-ring (bicyclic) bond motifs is 1. The molecule has 6 heteroatoms. The summed E-state index contributed by atoms with van der Waals surface area (Å²) >= 11 is 2.38. The minimum atomic E-state index is -0.419. The Bertz CT molecular complexity index is 1020. The summed E-state index contributed by atoms with van der Waals surface area (Å²) < 4.78 is -0.0317. The van der Waals surface area contributed by atoms with Crippen LogP contribution in [-0.4, -0.2) is 29.5 Å². The molecule has 0 spiro atoms. The summed E-state index contributed by atoms with van der Waals surface area (Å²) in [5.74, 6) is 1.84. The van der Waals surface area contributed by atoms with Crippen molar-refractivity contribution >= 4 is 40.4 Å². The van der Waals surface area contributed by atoms with E-state index in [1.165, 1.54) is 5.56 Å². The molecular formula is C23H23IN4O. The zero-order chi connectivity index (χ0) is 20.5. The SMILES string of the molecule is CC(C)c1ccccc1-c1ncc2c(n1)N(C(I)c1ccccc1)C(C=O)N2C. The van der Waals surface area contributed by atoms with Crippen LogP contribution in [0.4, 0.5) is 11.5 Å². The van der Waals surface area contributed by atoms with Gasteiger partial charge in [0.25, 0.3) is 0 Å². The van der Waals surface area contributed by atoms with Gasteiger partial charge in [0.15, 0.2) is 24.1 Å². The number of hydrogen-bond donors (Lipinski definition) is 0. The number of likely N-dealkylation sites (N-methyl/N-ethyl adjacent to an activating group) is 1. The van der Waals surface area contributed by atoms with E-state index < -0.39 is 6.17 Å². The fourth-order valence-electron chi connectivity index (χ4n) is 3.76. The quantitative estimate of drug-likeness (QED) is 0.210. The van der Waals surface area contributed by atoms with Gasteiger partial charge >= 0.3 is 0 Å². The van der Waals surface area contributed by atoms with E-state index in [-0.39, 0.29) is 4.05 Å². The number of aromatic nitrogens is 2. The number of aldehydes is 1. The Kier molecular flexibility index (Phi) is 5.54. The van der Waals surface area contributed by atoms with Crippen molar-refractivity contribution in [1.82, 2.24) is 9.97 Å². The van der Waals surface area contributed by atoms with Crippen LogP contribution < -0.4 is 9.80 Å². The number of halogens is 1. The zero-order valence-electron chi connectivity index (χ0n) is 16.7. The molecule has 4 rings (SSSR count). The van der Waals surface area contributed by atoms with Crippen LogP contribution in [0, 0.1) is 0 Å². The van der Waals surface area contributed by atoms with Crippen molar-refractivity contribution < 1.29 is 4.79 Å². The van der Waals surface area contributed by atoms with Crippen LogP contribution in [0.5, 0.6) is 0 Å². The van der Waals surface area contributed by atoms with E-state index in [0.29, 0.717) is 11.7 Å². The normalized spacial score (nSPS) is 16.8. The molecule has 1 aliphatic rings. The molecule has 0 aliphatic carbocycles. The molecule has 2 unspecified atom stereocenters. The fraction of sp³-hybridized carbons (Fsp3) is 0.261. The average Bonchev–Trinajstić information content (AvgIpc) is 3.04. The van der Waals surface area contributed by atoms with Crippen molar-refractivity contribution in [2.24, 2.45) is 0 Å². The number of benzene rings is 2. The number of rotatable bonds is 5. The fourth-order valence-corrected chi connectivity index (χ4v) is 4.77. The van der Waals surface area contributed by atoms with Crippen LogP contribution in [0.15, 0.2) is 60.8 Å². The smallest absolute Gasteiger partial charge is 0.163 e. The summed E-state index contributed by atoms with van der Waals surface area (Å²) in [6, 6.07) is 18.4. The third-order valence-corrected chi connectivity index (χ3v) is 6.64. The Morgan fingerprint density at radius 2 is 1.76 bits per heavy atom. The van der Waals surface area contributed by atoms with E-state index in [9.17, 15) is 4.79 Å². The monoisotopic (exact) mass is 498 g/mol. The van der Waals surface area contributed by atoms with Crippen molar-refractivity contribution in [3.63, 3.8) is 0 Å². The average molecular weight is 498 g/mol. The number of carbonyl (C=O) groups excluding carboxylic acids is 1. The van der Waals surface area contributed by atoms with E-state index in [2.05, 4.69) is 70.6 Å². The maximum absolute atomic E-state index is 12.0. The molecule has 0 radical (unpaired) electrons. The molecule has 1 aromatic heterocycles. The first-order valence-corrected chi connectivity index (χ1v) is 10.9. The van der Waals surface area contributed by atoms with Crippen LogP contribution in [0.1, 0.15) is 34.9 Å². The molecule has 148 valence electrons. The molecule has 2 aromatic carbocycles. The molecule has 29 heavy (non-hydrogen) atoms. The third kappa shape index (κ3) is 3.50. The minimum Gasteiger partial charge on any atom is -0.344 e. The van der Waals surface area contributed by atoms with Crippen LogP contribution in [0.2, 0.25) is 0 Å². The van der Waals surface area contributed by atoms with Gasteiger partial charge in [-0.05, 0) is 17.0 Å². The van der Waals surface area contributed by atoms with Crippen molar-refractivity contribution in [3.8, 4) is 11.4 Å². The predicted molar refractivity (Wildman–Crippen MR) is 125 cm³/mol. The molecule has 0 amide bonds. The summed E-state index contributed by atoms with van der Waals surface area (Å²) in [5, 5.41) is 0. The highest BCUT2D eigenvalue weighted by Gasteiger charge is 2.39. The van der Waals surface area contributed by atoms with E-state index in [0.717, 1.165) is 28.9 Å². The number of nitrogens with zero attached hydrogens (tertiary/aromatic N) is 4. The molecule has 0 N–H and O–H groups in total. The van der Waals surface area contributed by atoms with Crippen LogP contribution >= 0.6 is 22.6 Å². The number of anilines is 2. The molecule has 0 saturated heterocycles. The van der Waals surface area contributed by atoms with Crippen molar-refractivity contribution in [2.75, 3.05) is 16.8 Å². The van der Waals surface area contributed by atoms with Crippen molar-refractivity contribution in [2.45, 2.75) is 30.0 Å². The highest BCUT2D eigenvalue weighted by atomic mass is 127. The van der Waals surface area contributed by atoms with Gasteiger partial charge in [-0.25, -0.2) is 9.97 Å². The number of alkyl halides is 1. The zero-order valence-corrected chi connectivity index (χ0v) is 18.8. The second-order valence-electron chi connectivity index (χ2n) is 7.46. The Labute approximate surface area is 184 Å². The molecule has 5 nitrogen and oxygen atoms in total. The second-order valence-corrected chi connectivity index (χ2v) is 8.64. The van der Waals surface area contributed by atoms with Crippen molar-refractivity contribution in [3.05, 3.63) is 71.9 Å². The highest BCUT2D eigenvalue weighted by molar-refractivity contribution is 14.1. The maximum atomic E-state index is 12.0. The molecule has 0 bridgehead atoms. The van der Waals surface area contributed by atoms with Crippen LogP contribution in [-0.2, 0) is 4.79 Å². The van der Waals surface area contributed by atoms with E-state index in [1.807, 2.05) is 48.5 Å². The lowest BCUT2D eigenvalue weighted by Crippen LogP contribution is -2.43. The first kappa shape index (κ1) is 19.8. The second kappa shape index (κ2) is 8.10. The Morgan fingerprint density at radius 3 is 2.45 bits per heavy atom. The van der Waals surface area contributed by atoms with Crippen molar-refractivity contribution in [1.29, 1.82) is 0 Å². The molecular weight excluding hydrogens is 475 g/mol. The summed E-state index contributed by atoms with van der Waals surface area (Å²) in [4.78, 5) is 25.6. The highest BCUT2D eigenvalue weighted by Crippen LogP contribution is 2.44. The van der Waals surface area contributed by atoms with Gasteiger partial charge in [-0.3, -0.25) is 4.79 Å². The Balaban J connectivity index is 1.84. The number of carbonyl (C=O) groups is 1. The lowest BCUT2D eigenvalue weighted by atomic mass is 9.97. The summed E-state index contributed by atoms with van der Waals surface area (Å²) in [6.45, 7) is 4.34. The van der Waals surface area contributed by atoms with Gasteiger partial charge in [0.2, 0.25) is 0 Å². The first-order valence-electron chi connectivity index (χ1n) is 9.64. The maximum Gasteiger partial charge on any atom is 0.163 e. The van der Waals surface area contributed by atoms with Gasteiger partial charge < -0.3 is 9.80 Å². The Hall–Kier alpha value is -2.48. The molecule has 2 atom stereocenters. The van der Waals surface area contributed by atoms with Crippen LogP contribution in [0.3, 0.4) is 0 Å². The van der Waals surface area contributed by atoms with E-state index in [4.69, 9.17) is 4.98 Å². The summed E-state index contributed by atoms with van der Waals surface area (Å²) in [5.41, 5.74) is 4.24. The van der Waals surface area contributed by atoms with Gasteiger partial charge in [-0.15, -0.1) is 0 Å². The van der Waals surface area contributed by atoms with E-state index in [1.54, 1.807) is 0 Å². The van der Waals surface area contributed by atoms with Gasteiger partial charge in [0, 0.05) is 12.6 Å². The molecule has 0 saturated carbocycles. The lowest BCUT2D eigenvalue weighted by molar-refractivity contribution is -0.108. The number of hydrogen-bond acceptors (Lipinski definition) is 5. The summed E-state index contributed by atoms with van der Waals surface area (Å²) in [7, 11) is 1.91. The Morgan fingerprint density at radius 1 is 1.07 bits per heavy atom. The van der Waals surface area contributed by atoms with Gasteiger partial charge in [0.1, 0.15) is 9.74 Å². The van der Waals surface area contributed by atoms with Gasteiger partial charge in [0.05, 0.1) is 6.20 Å². The van der Waals surface area contributed by atoms with Gasteiger partial charge in [-0.2, -0.15) is 0 Å².